The van der Waals surface area contributed by atoms with Gasteiger partial charge in [0.2, 0.25) is 0 Å². The van der Waals surface area contributed by atoms with Gasteiger partial charge in [-0.15, -0.1) is 0 Å². The van der Waals surface area contributed by atoms with Crippen LogP contribution in [0.15, 0.2) is 29.0 Å². The number of anilines is 1. The van der Waals surface area contributed by atoms with Gasteiger partial charge in [-0.25, -0.2) is 4.98 Å². The largest absolute Gasteiger partial charge is 0.363 e. The molecule has 0 aromatic carbocycles. The fourth-order valence-electron chi connectivity index (χ4n) is 1.39. The molecule has 1 N–H and O–H groups in total. The summed E-state index contributed by atoms with van der Waals surface area (Å²) in [5.74, 6) is 0.547. The summed E-state index contributed by atoms with van der Waals surface area (Å²) in [5.41, 5.74) is 0.815. The second-order valence-corrected chi connectivity index (χ2v) is 4.47. The number of aromatic nitrogens is 3. The van der Waals surface area contributed by atoms with Crippen molar-refractivity contribution >= 4 is 27.4 Å². The molecule has 0 saturated heterocycles. The van der Waals surface area contributed by atoms with Gasteiger partial charge in [0.1, 0.15) is 12.0 Å². The summed E-state index contributed by atoms with van der Waals surface area (Å²) in [6.07, 6.45) is 3.06. The molecule has 18 heavy (non-hydrogen) atoms. The summed E-state index contributed by atoms with van der Waals surface area (Å²) in [6.45, 7) is 0.504. The molecule has 8 heteroatoms. The fourth-order valence-corrected chi connectivity index (χ4v) is 1.87. The van der Waals surface area contributed by atoms with Crippen molar-refractivity contribution in [3.8, 4) is 0 Å². The Kier molecular flexibility index (Phi) is 3.56. The van der Waals surface area contributed by atoms with E-state index in [0.29, 0.717) is 16.8 Å². The molecule has 0 aliphatic carbocycles. The number of nitrogens with zero attached hydrogens (tertiary/aromatic N) is 4. The van der Waals surface area contributed by atoms with E-state index in [1.165, 1.54) is 12.3 Å². The number of halogens is 1. The molecule has 0 radical (unpaired) electrons. The van der Waals surface area contributed by atoms with Gasteiger partial charge >= 0.3 is 0 Å². The molecule has 0 fully saturated rings. The lowest BCUT2D eigenvalue weighted by molar-refractivity contribution is -0.385. The maximum atomic E-state index is 10.6. The quantitative estimate of drug-likeness (QED) is 0.690. The van der Waals surface area contributed by atoms with Crippen molar-refractivity contribution in [3.05, 3.63) is 44.8 Å². The van der Waals surface area contributed by atoms with E-state index in [1.807, 2.05) is 19.3 Å². The average molecular weight is 312 g/mol. The van der Waals surface area contributed by atoms with Crippen LogP contribution in [0.25, 0.3) is 0 Å². The second kappa shape index (κ2) is 5.13. The minimum atomic E-state index is -0.486. The minimum Gasteiger partial charge on any atom is -0.363 e. The van der Waals surface area contributed by atoms with Crippen LogP contribution in [0.4, 0.5) is 11.5 Å². The number of rotatable bonds is 4. The molecule has 0 aliphatic heterocycles. The SMILES string of the molecule is Cn1ccc(CNc2ncc([N+](=O)[O-])cc2Br)n1. The molecular formula is C10H10BrN5O2. The fraction of sp³-hybridized carbons (Fsp3) is 0.200. The van der Waals surface area contributed by atoms with E-state index in [0.717, 1.165) is 5.69 Å². The van der Waals surface area contributed by atoms with Crippen LogP contribution in [0.5, 0.6) is 0 Å². The minimum absolute atomic E-state index is 0.0507. The van der Waals surface area contributed by atoms with Crippen LogP contribution in [-0.4, -0.2) is 19.7 Å². The Bertz CT molecular complexity index is 583. The summed E-state index contributed by atoms with van der Waals surface area (Å²) in [6, 6.07) is 3.29. The van der Waals surface area contributed by atoms with Gasteiger partial charge in [0.05, 0.1) is 21.6 Å². The molecule has 0 spiro atoms. The van der Waals surface area contributed by atoms with E-state index in [1.54, 1.807) is 4.68 Å². The average Bonchev–Trinajstić information content (AvgIpc) is 2.73. The number of hydrogen-bond acceptors (Lipinski definition) is 5. The van der Waals surface area contributed by atoms with Gasteiger partial charge in [0.25, 0.3) is 5.69 Å². The third kappa shape index (κ3) is 2.83. The van der Waals surface area contributed by atoms with Crippen molar-refractivity contribution in [2.45, 2.75) is 6.54 Å². The Hall–Kier alpha value is -1.96. The molecule has 94 valence electrons. The number of hydrogen-bond donors (Lipinski definition) is 1. The Morgan fingerprint density at radius 1 is 1.61 bits per heavy atom. The Morgan fingerprint density at radius 2 is 2.39 bits per heavy atom. The van der Waals surface area contributed by atoms with E-state index < -0.39 is 4.92 Å². The summed E-state index contributed by atoms with van der Waals surface area (Å²) in [7, 11) is 1.84. The lowest BCUT2D eigenvalue weighted by Gasteiger charge is -2.05. The van der Waals surface area contributed by atoms with E-state index in [9.17, 15) is 10.1 Å². The summed E-state index contributed by atoms with van der Waals surface area (Å²) < 4.78 is 2.25. The zero-order valence-electron chi connectivity index (χ0n) is 9.50. The van der Waals surface area contributed by atoms with Crippen LogP contribution in [0.1, 0.15) is 5.69 Å². The monoisotopic (exact) mass is 311 g/mol. The Morgan fingerprint density at radius 3 is 2.94 bits per heavy atom. The molecular weight excluding hydrogens is 302 g/mol. The van der Waals surface area contributed by atoms with Crippen molar-refractivity contribution in [3.63, 3.8) is 0 Å². The molecule has 2 rings (SSSR count). The van der Waals surface area contributed by atoms with Crippen LogP contribution in [0, 0.1) is 10.1 Å². The predicted octanol–water partition coefficient (Wildman–Crippen LogP) is 2.10. The first-order chi connectivity index (χ1) is 8.56. The first-order valence-electron chi connectivity index (χ1n) is 5.08. The highest BCUT2D eigenvalue weighted by Gasteiger charge is 2.10. The molecule has 2 aromatic rings. The zero-order valence-corrected chi connectivity index (χ0v) is 11.1. The molecule has 0 saturated carbocycles. The second-order valence-electron chi connectivity index (χ2n) is 3.62. The first kappa shape index (κ1) is 12.5. The molecule has 2 aromatic heterocycles. The highest BCUT2D eigenvalue weighted by Crippen LogP contribution is 2.24. The number of pyridine rings is 1. The predicted molar refractivity (Wildman–Crippen MR) is 69.1 cm³/mol. The third-order valence-corrected chi connectivity index (χ3v) is 2.85. The maximum Gasteiger partial charge on any atom is 0.288 e. The molecule has 0 amide bonds. The molecule has 0 bridgehead atoms. The third-order valence-electron chi connectivity index (χ3n) is 2.24. The number of nitrogens with one attached hydrogen (secondary N) is 1. The Labute approximate surface area is 111 Å². The Balaban J connectivity index is 2.08. The van der Waals surface area contributed by atoms with Gasteiger partial charge in [-0.2, -0.15) is 5.10 Å². The highest BCUT2D eigenvalue weighted by atomic mass is 79.9. The number of aryl methyl sites for hydroxylation is 1. The molecule has 2 heterocycles. The topological polar surface area (TPSA) is 85.9 Å². The molecule has 0 atom stereocenters. The van der Waals surface area contributed by atoms with E-state index in [-0.39, 0.29) is 5.69 Å². The van der Waals surface area contributed by atoms with Crippen molar-refractivity contribution in [2.24, 2.45) is 7.05 Å². The first-order valence-corrected chi connectivity index (χ1v) is 5.88. The van der Waals surface area contributed by atoms with Gasteiger partial charge in [0.15, 0.2) is 0 Å². The molecule has 0 unspecified atom stereocenters. The van der Waals surface area contributed by atoms with Crippen molar-refractivity contribution in [1.29, 1.82) is 0 Å². The lowest BCUT2D eigenvalue weighted by Crippen LogP contribution is -2.04. The molecule has 7 nitrogen and oxygen atoms in total. The van der Waals surface area contributed by atoms with E-state index in [2.05, 4.69) is 31.3 Å². The van der Waals surface area contributed by atoms with Crippen LogP contribution >= 0.6 is 15.9 Å². The van der Waals surface area contributed by atoms with Crippen molar-refractivity contribution < 1.29 is 4.92 Å². The highest BCUT2D eigenvalue weighted by molar-refractivity contribution is 9.10. The summed E-state index contributed by atoms with van der Waals surface area (Å²) in [4.78, 5) is 14.1. The standard InChI is InChI=1S/C10H10BrN5O2/c1-15-3-2-7(14-15)5-12-10-9(11)4-8(6-13-10)16(17)18/h2-4,6H,5H2,1H3,(H,12,13). The van der Waals surface area contributed by atoms with Gasteiger partial charge < -0.3 is 5.32 Å². The van der Waals surface area contributed by atoms with Gasteiger partial charge in [0, 0.05) is 19.3 Å². The van der Waals surface area contributed by atoms with Crippen LogP contribution < -0.4 is 5.32 Å². The van der Waals surface area contributed by atoms with Crippen molar-refractivity contribution in [1.82, 2.24) is 14.8 Å². The van der Waals surface area contributed by atoms with Gasteiger partial charge in [-0.1, -0.05) is 0 Å². The summed E-state index contributed by atoms with van der Waals surface area (Å²) in [5, 5.41) is 17.8. The van der Waals surface area contributed by atoms with Crippen LogP contribution in [-0.2, 0) is 13.6 Å². The normalized spacial score (nSPS) is 10.3. The van der Waals surface area contributed by atoms with Gasteiger partial charge in [-0.05, 0) is 22.0 Å². The van der Waals surface area contributed by atoms with E-state index in [4.69, 9.17) is 0 Å². The van der Waals surface area contributed by atoms with Gasteiger partial charge in [-0.3, -0.25) is 14.8 Å². The molecule has 0 aliphatic rings. The smallest absolute Gasteiger partial charge is 0.288 e. The lowest BCUT2D eigenvalue weighted by atomic mass is 10.4. The van der Waals surface area contributed by atoms with Crippen LogP contribution in [0.3, 0.4) is 0 Å². The summed E-state index contributed by atoms with van der Waals surface area (Å²) >= 11 is 3.24. The number of nitro groups is 1. The van der Waals surface area contributed by atoms with Crippen molar-refractivity contribution in [2.75, 3.05) is 5.32 Å². The van der Waals surface area contributed by atoms with Crippen LogP contribution in [0.2, 0.25) is 0 Å². The maximum absolute atomic E-state index is 10.6. The zero-order chi connectivity index (χ0) is 13.1. The van der Waals surface area contributed by atoms with E-state index >= 15 is 0 Å².